The third kappa shape index (κ3) is 2.02. The lowest BCUT2D eigenvalue weighted by molar-refractivity contribution is 0.707. The number of aromatic amines is 1. The first-order valence-corrected chi connectivity index (χ1v) is 7.44. The summed E-state index contributed by atoms with van der Waals surface area (Å²) in [5, 5.41) is 7.64. The summed E-state index contributed by atoms with van der Waals surface area (Å²) in [6.07, 6.45) is 0.892. The van der Waals surface area contributed by atoms with E-state index in [0.29, 0.717) is 6.54 Å². The average molecular weight is 293 g/mol. The van der Waals surface area contributed by atoms with Crippen molar-refractivity contribution in [3.63, 3.8) is 0 Å². The molecule has 0 radical (unpaired) electrons. The average Bonchev–Trinajstić information content (AvgIpc) is 3.00. The van der Waals surface area contributed by atoms with Crippen LogP contribution in [-0.4, -0.2) is 24.3 Å². The topological polar surface area (TPSA) is 51.4 Å². The van der Waals surface area contributed by atoms with Gasteiger partial charge in [0.25, 0.3) is 0 Å². The summed E-state index contributed by atoms with van der Waals surface area (Å²) in [7, 11) is 1.95. The van der Waals surface area contributed by atoms with Crippen molar-refractivity contribution in [1.29, 1.82) is 0 Å². The first-order valence-electron chi connectivity index (χ1n) is 6.15. The van der Waals surface area contributed by atoms with Gasteiger partial charge in [0, 0.05) is 18.1 Å². The number of nitrogens with one attached hydrogen (secondary N) is 1. The highest BCUT2D eigenvalue weighted by atomic mass is 32.1. The van der Waals surface area contributed by atoms with Crippen molar-refractivity contribution in [3.8, 4) is 0 Å². The Balaban J connectivity index is 2.15. The minimum absolute atomic E-state index is 0.694. The lowest BCUT2D eigenvalue weighted by Gasteiger charge is -2.01. The van der Waals surface area contributed by atoms with Crippen molar-refractivity contribution >= 4 is 34.7 Å². The van der Waals surface area contributed by atoms with Gasteiger partial charge in [-0.3, -0.25) is 9.25 Å². The van der Waals surface area contributed by atoms with Crippen LogP contribution in [0.2, 0.25) is 0 Å². The third-order valence-electron chi connectivity index (χ3n) is 3.12. The van der Waals surface area contributed by atoms with Gasteiger partial charge in [-0.15, -0.1) is 11.3 Å². The summed E-state index contributed by atoms with van der Waals surface area (Å²) < 4.78 is 4.68. The first kappa shape index (κ1) is 12.6. The molecule has 3 aromatic rings. The summed E-state index contributed by atoms with van der Waals surface area (Å²) in [6.45, 7) is 4.80. The van der Waals surface area contributed by atoms with Crippen molar-refractivity contribution < 1.29 is 0 Å². The number of hydrogen-bond donors (Lipinski definition) is 1. The second-order valence-electron chi connectivity index (χ2n) is 4.52. The molecule has 0 fully saturated rings. The maximum Gasteiger partial charge on any atom is 0.179 e. The van der Waals surface area contributed by atoms with Gasteiger partial charge in [0.2, 0.25) is 0 Å². The Morgan fingerprint density at radius 2 is 2.26 bits per heavy atom. The molecule has 19 heavy (non-hydrogen) atoms. The summed E-state index contributed by atoms with van der Waals surface area (Å²) in [4.78, 5) is 7.76. The van der Waals surface area contributed by atoms with Crippen LogP contribution < -0.4 is 0 Å². The van der Waals surface area contributed by atoms with Crippen LogP contribution in [0.5, 0.6) is 0 Å². The fraction of sp³-hybridized carbons (Fsp3) is 0.417. The first-order chi connectivity index (χ1) is 9.10. The Hall–Kier alpha value is -1.47. The van der Waals surface area contributed by atoms with Crippen LogP contribution in [0.3, 0.4) is 0 Å². The van der Waals surface area contributed by atoms with Crippen LogP contribution in [0.1, 0.15) is 23.3 Å². The van der Waals surface area contributed by atoms with E-state index in [1.807, 2.05) is 18.7 Å². The molecule has 0 aromatic carbocycles. The molecular weight excluding hydrogens is 278 g/mol. The van der Waals surface area contributed by atoms with Gasteiger partial charge in [0.15, 0.2) is 10.4 Å². The van der Waals surface area contributed by atoms with Crippen molar-refractivity contribution in [2.24, 2.45) is 7.05 Å². The van der Waals surface area contributed by atoms with E-state index in [9.17, 15) is 0 Å². The molecule has 0 spiro atoms. The van der Waals surface area contributed by atoms with Gasteiger partial charge >= 0.3 is 0 Å². The van der Waals surface area contributed by atoms with E-state index < -0.39 is 0 Å². The highest BCUT2D eigenvalue weighted by Crippen LogP contribution is 2.20. The van der Waals surface area contributed by atoms with Crippen LogP contribution in [-0.2, 0) is 20.0 Å². The van der Waals surface area contributed by atoms with E-state index in [2.05, 4.69) is 31.9 Å². The van der Waals surface area contributed by atoms with Crippen molar-refractivity contribution in [2.75, 3.05) is 0 Å². The number of hydrogen-bond acceptors (Lipinski definition) is 4. The van der Waals surface area contributed by atoms with Crippen LogP contribution in [0.25, 0.3) is 11.2 Å². The fourth-order valence-corrected chi connectivity index (χ4v) is 3.30. The van der Waals surface area contributed by atoms with Crippen molar-refractivity contribution in [1.82, 2.24) is 24.3 Å². The fourth-order valence-electron chi connectivity index (χ4n) is 2.28. The van der Waals surface area contributed by atoms with Gasteiger partial charge in [-0.1, -0.05) is 6.92 Å². The molecule has 0 unspecified atom stereocenters. The maximum absolute atomic E-state index is 5.42. The van der Waals surface area contributed by atoms with Crippen LogP contribution in [0.15, 0.2) is 5.38 Å². The second kappa shape index (κ2) is 4.57. The predicted octanol–water partition coefficient (Wildman–Crippen LogP) is 2.81. The molecule has 1 N–H and O–H groups in total. The summed E-state index contributed by atoms with van der Waals surface area (Å²) in [5.41, 5.74) is 4.19. The number of aromatic nitrogens is 5. The monoisotopic (exact) mass is 293 g/mol. The van der Waals surface area contributed by atoms with Gasteiger partial charge in [-0.2, -0.15) is 5.10 Å². The Morgan fingerprint density at radius 1 is 1.47 bits per heavy atom. The Kier molecular flexibility index (Phi) is 3.02. The summed E-state index contributed by atoms with van der Waals surface area (Å²) in [6, 6.07) is 0. The van der Waals surface area contributed by atoms with Gasteiger partial charge < -0.3 is 4.98 Å². The maximum atomic E-state index is 5.42. The van der Waals surface area contributed by atoms with E-state index in [1.165, 1.54) is 0 Å². The molecule has 0 bridgehead atoms. The molecule has 0 atom stereocenters. The number of fused-ring (bicyclic) bond motifs is 1. The number of aryl methyl sites for hydroxylation is 3. The standard InChI is InChI=1S/C12H15N5S2/c1-4-8-10-11(16(3)15-8)17(12(18)14-10)5-9-13-7(2)6-19-9/h6H,4-5H2,1-3H3,(H,14,18). The van der Waals surface area contributed by atoms with Crippen molar-refractivity contribution in [3.05, 3.63) is 26.5 Å². The normalized spacial score (nSPS) is 11.5. The molecule has 5 nitrogen and oxygen atoms in total. The van der Waals surface area contributed by atoms with E-state index in [0.717, 1.165) is 38.8 Å². The number of H-pyrrole nitrogens is 1. The molecule has 0 aliphatic rings. The number of rotatable bonds is 3. The zero-order valence-corrected chi connectivity index (χ0v) is 12.7. The van der Waals surface area contributed by atoms with E-state index in [4.69, 9.17) is 12.2 Å². The highest BCUT2D eigenvalue weighted by Gasteiger charge is 2.15. The molecule has 100 valence electrons. The molecule has 0 saturated heterocycles. The zero-order chi connectivity index (χ0) is 13.6. The van der Waals surface area contributed by atoms with Crippen LogP contribution >= 0.6 is 23.6 Å². The van der Waals surface area contributed by atoms with Crippen LogP contribution in [0, 0.1) is 11.7 Å². The SMILES string of the molecule is CCc1nn(C)c2c1[nH]c(=S)n2Cc1nc(C)cs1. The molecule has 0 aliphatic heterocycles. The zero-order valence-electron chi connectivity index (χ0n) is 11.1. The van der Waals surface area contributed by atoms with Crippen molar-refractivity contribution in [2.45, 2.75) is 26.8 Å². The molecule has 3 rings (SSSR count). The van der Waals surface area contributed by atoms with Gasteiger partial charge in [0.05, 0.1) is 12.2 Å². The summed E-state index contributed by atoms with van der Waals surface area (Å²) in [5.74, 6) is 0. The quantitative estimate of drug-likeness (QED) is 0.756. The Labute approximate surface area is 119 Å². The largest absolute Gasteiger partial charge is 0.328 e. The molecule has 3 aromatic heterocycles. The Bertz CT molecular complexity index is 789. The number of nitrogens with zero attached hydrogens (tertiary/aromatic N) is 4. The molecule has 7 heteroatoms. The van der Waals surface area contributed by atoms with Gasteiger partial charge in [-0.05, 0) is 25.6 Å². The highest BCUT2D eigenvalue weighted by molar-refractivity contribution is 7.71. The smallest absolute Gasteiger partial charge is 0.179 e. The lowest BCUT2D eigenvalue weighted by Crippen LogP contribution is -2.04. The molecular formula is C12H15N5S2. The predicted molar refractivity (Wildman–Crippen MR) is 79.2 cm³/mol. The second-order valence-corrected chi connectivity index (χ2v) is 5.85. The molecule has 3 heterocycles. The minimum atomic E-state index is 0.694. The third-order valence-corrected chi connectivity index (χ3v) is 4.39. The van der Waals surface area contributed by atoms with E-state index in [-0.39, 0.29) is 0 Å². The minimum Gasteiger partial charge on any atom is -0.328 e. The van der Waals surface area contributed by atoms with Gasteiger partial charge in [-0.25, -0.2) is 4.98 Å². The molecule has 0 aliphatic carbocycles. The molecule has 0 saturated carbocycles. The summed E-state index contributed by atoms with van der Waals surface area (Å²) >= 11 is 7.08. The van der Waals surface area contributed by atoms with Crippen LogP contribution in [0.4, 0.5) is 0 Å². The number of thiazole rings is 1. The number of imidazole rings is 1. The Morgan fingerprint density at radius 3 is 2.89 bits per heavy atom. The molecule has 0 amide bonds. The van der Waals surface area contributed by atoms with E-state index in [1.54, 1.807) is 11.3 Å². The van der Waals surface area contributed by atoms with Gasteiger partial charge in [0.1, 0.15) is 10.5 Å². The lowest BCUT2D eigenvalue weighted by atomic mass is 10.3. The van der Waals surface area contributed by atoms with E-state index >= 15 is 0 Å².